The Morgan fingerprint density at radius 2 is 1.39 bits per heavy atom. The van der Waals surface area contributed by atoms with Gasteiger partial charge < -0.3 is 42.1 Å². The van der Waals surface area contributed by atoms with Crippen molar-refractivity contribution in [3.63, 3.8) is 0 Å². The number of piperazine rings is 1. The van der Waals surface area contributed by atoms with E-state index in [1.54, 1.807) is 0 Å². The molecule has 0 saturated carbocycles. The number of nitrogens with two attached hydrogens (primary N) is 2. The van der Waals surface area contributed by atoms with Crippen molar-refractivity contribution in [3.8, 4) is 0 Å². The minimum absolute atomic E-state index is 0.0699. The number of aliphatic hydroxyl groups is 2. The smallest absolute Gasteiger partial charge is 0.245 e. The number of carbonyl (C=O) groups excluding carboxylic acids is 5. The fraction of sp³-hybridized carbons (Fsp3) is 0.595. The SMILES string of the molecule is CC(C)CC(CC(=O)C(Cc1ccccc1)NC(=O)C(N)Cc1ccccc1)C(=O)NC(CCCCN)C(=O)N1C2CC1CN(CC(=O)N(CCO)CCO)C2. The van der Waals surface area contributed by atoms with Gasteiger partial charge in [0.25, 0.3) is 0 Å². The Morgan fingerprint density at radius 1 is 0.821 bits per heavy atom. The number of likely N-dealkylation sites (tertiary alicyclic amines) is 2. The lowest BCUT2D eigenvalue weighted by molar-refractivity contribution is -0.159. The van der Waals surface area contributed by atoms with E-state index in [1.165, 1.54) is 4.90 Å². The molecule has 6 atom stereocenters. The Bertz CT molecular complexity index is 1540. The lowest BCUT2D eigenvalue weighted by Gasteiger charge is -2.57. The van der Waals surface area contributed by atoms with E-state index in [1.807, 2.05) is 84.3 Å². The van der Waals surface area contributed by atoms with Crippen LogP contribution in [0, 0.1) is 11.8 Å². The number of aliphatic hydroxyl groups excluding tert-OH is 2. The van der Waals surface area contributed by atoms with Crippen molar-refractivity contribution in [2.24, 2.45) is 23.3 Å². The molecule has 308 valence electrons. The summed E-state index contributed by atoms with van der Waals surface area (Å²) in [6.45, 7) is 5.42. The van der Waals surface area contributed by atoms with Gasteiger partial charge in [0.1, 0.15) is 6.04 Å². The van der Waals surface area contributed by atoms with Crippen molar-refractivity contribution >= 4 is 29.4 Å². The quantitative estimate of drug-likeness (QED) is 0.0819. The van der Waals surface area contributed by atoms with Gasteiger partial charge in [0.05, 0.1) is 31.8 Å². The van der Waals surface area contributed by atoms with E-state index in [4.69, 9.17) is 11.5 Å². The van der Waals surface area contributed by atoms with Gasteiger partial charge in [-0.05, 0) is 68.5 Å². The monoisotopic (exact) mass is 777 g/mol. The van der Waals surface area contributed by atoms with Crippen LogP contribution in [0.2, 0.25) is 0 Å². The van der Waals surface area contributed by atoms with Crippen molar-refractivity contribution in [2.45, 2.75) is 95.4 Å². The number of fused-ring (bicyclic) bond motifs is 2. The van der Waals surface area contributed by atoms with Gasteiger partial charge in [0, 0.05) is 50.6 Å². The number of nitrogens with zero attached hydrogens (tertiary/aromatic N) is 3. The zero-order valence-electron chi connectivity index (χ0n) is 33.1. The van der Waals surface area contributed by atoms with Crippen LogP contribution in [0.4, 0.5) is 0 Å². The van der Waals surface area contributed by atoms with Crippen LogP contribution in [0.3, 0.4) is 0 Å². The second-order valence-corrected chi connectivity index (χ2v) is 15.7. The second kappa shape index (κ2) is 22.5. The average molecular weight is 778 g/mol. The molecule has 8 N–H and O–H groups in total. The molecule has 2 aromatic carbocycles. The number of rotatable bonds is 24. The standard InChI is InChI=1S/C42H63N7O7/c1-29(2)21-32(24-38(52)37(23-31-13-7-4-8-14-31)46-41(55)35(44)22-30-11-5-3-6-12-30)40(54)45-36(15-9-10-16-43)42(56)49-33-25-34(49)27-47(26-33)28-39(53)48(17-19-50)18-20-51/h3-8,11-14,29,32-37,50-51H,9-10,15-28,43-44H2,1-2H3,(H,45,54)(H,46,55). The number of Topliss-reactive ketones (excluding diaryl/α,β-unsaturated/α-hetero) is 1. The summed E-state index contributed by atoms with van der Waals surface area (Å²) in [5.41, 5.74) is 13.9. The van der Waals surface area contributed by atoms with Gasteiger partial charge in [-0.3, -0.25) is 28.9 Å². The van der Waals surface area contributed by atoms with Gasteiger partial charge in [-0.25, -0.2) is 0 Å². The van der Waals surface area contributed by atoms with E-state index in [0.717, 1.165) is 17.5 Å². The molecule has 4 amide bonds. The van der Waals surface area contributed by atoms with Gasteiger partial charge >= 0.3 is 0 Å². The summed E-state index contributed by atoms with van der Waals surface area (Å²) in [6, 6.07) is 16.0. The van der Waals surface area contributed by atoms with Crippen LogP contribution in [0.1, 0.15) is 63.5 Å². The highest BCUT2D eigenvalue weighted by molar-refractivity contribution is 5.95. The normalized spacial score (nSPS) is 18.7. The summed E-state index contributed by atoms with van der Waals surface area (Å²) < 4.78 is 0. The highest BCUT2D eigenvalue weighted by Crippen LogP contribution is 2.33. The lowest BCUT2D eigenvalue weighted by atomic mass is 9.85. The Labute approximate surface area is 331 Å². The molecule has 2 fully saturated rings. The molecule has 2 aromatic rings. The van der Waals surface area contributed by atoms with E-state index in [-0.39, 0.29) is 87.2 Å². The van der Waals surface area contributed by atoms with Crippen molar-refractivity contribution in [2.75, 3.05) is 52.5 Å². The maximum atomic E-state index is 14.2. The van der Waals surface area contributed by atoms with Crippen molar-refractivity contribution in [1.82, 2.24) is 25.3 Å². The van der Waals surface area contributed by atoms with Gasteiger partial charge in [-0.2, -0.15) is 0 Å². The fourth-order valence-electron chi connectivity index (χ4n) is 7.87. The third-order valence-electron chi connectivity index (χ3n) is 10.7. The molecule has 0 aliphatic carbocycles. The average Bonchev–Trinajstić information content (AvgIpc) is 3.17. The number of hydrogen-bond donors (Lipinski definition) is 6. The molecule has 0 aromatic heterocycles. The van der Waals surface area contributed by atoms with Crippen LogP contribution in [-0.2, 0) is 36.8 Å². The molecular weight excluding hydrogens is 715 g/mol. The number of ketones is 1. The molecule has 0 spiro atoms. The van der Waals surface area contributed by atoms with Gasteiger partial charge in [0.15, 0.2) is 5.78 Å². The third kappa shape index (κ3) is 13.2. The first-order chi connectivity index (χ1) is 26.9. The molecule has 14 nitrogen and oxygen atoms in total. The van der Waals surface area contributed by atoms with Crippen LogP contribution in [-0.4, -0.2) is 137 Å². The molecule has 2 saturated heterocycles. The molecule has 2 aliphatic heterocycles. The van der Waals surface area contributed by atoms with Crippen molar-refractivity contribution in [1.29, 1.82) is 0 Å². The summed E-state index contributed by atoms with van der Waals surface area (Å²) in [4.78, 5) is 74.0. The van der Waals surface area contributed by atoms with Crippen LogP contribution in [0.15, 0.2) is 60.7 Å². The minimum atomic E-state index is -0.911. The number of carbonyl (C=O) groups is 5. The number of unbranched alkanes of at least 4 members (excludes halogenated alkanes) is 1. The zero-order valence-corrected chi connectivity index (χ0v) is 33.1. The van der Waals surface area contributed by atoms with E-state index >= 15 is 0 Å². The highest BCUT2D eigenvalue weighted by atomic mass is 16.3. The van der Waals surface area contributed by atoms with Crippen molar-refractivity contribution in [3.05, 3.63) is 71.8 Å². The molecule has 4 rings (SSSR count). The molecule has 2 aliphatic rings. The molecule has 6 unspecified atom stereocenters. The van der Waals surface area contributed by atoms with Crippen LogP contribution >= 0.6 is 0 Å². The van der Waals surface area contributed by atoms with Gasteiger partial charge in [-0.1, -0.05) is 74.5 Å². The fourth-order valence-corrected chi connectivity index (χ4v) is 7.87. The van der Waals surface area contributed by atoms with Gasteiger partial charge in [0.2, 0.25) is 23.6 Å². The van der Waals surface area contributed by atoms with E-state index in [9.17, 15) is 34.2 Å². The Kier molecular flexibility index (Phi) is 17.9. The maximum Gasteiger partial charge on any atom is 0.245 e. The number of nitrogens with one attached hydrogen (secondary N) is 2. The zero-order chi connectivity index (χ0) is 40.6. The molecule has 2 bridgehead atoms. The summed E-state index contributed by atoms with van der Waals surface area (Å²) in [6.07, 6.45) is 3.33. The lowest BCUT2D eigenvalue weighted by Crippen LogP contribution is -2.72. The van der Waals surface area contributed by atoms with E-state index < -0.39 is 30.0 Å². The summed E-state index contributed by atoms with van der Waals surface area (Å²) in [5.74, 6) is -2.15. The van der Waals surface area contributed by atoms with E-state index in [0.29, 0.717) is 51.7 Å². The Morgan fingerprint density at radius 3 is 1.95 bits per heavy atom. The summed E-state index contributed by atoms with van der Waals surface area (Å²) in [5, 5.41) is 24.6. The molecule has 2 heterocycles. The number of amides is 4. The molecule has 0 radical (unpaired) electrons. The third-order valence-corrected chi connectivity index (χ3v) is 10.7. The first-order valence-electron chi connectivity index (χ1n) is 20.1. The van der Waals surface area contributed by atoms with Gasteiger partial charge in [-0.15, -0.1) is 0 Å². The Hall–Kier alpha value is -4.21. The van der Waals surface area contributed by atoms with Crippen LogP contribution in [0.25, 0.3) is 0 Å². The largest absolute Gasteiger partial charge is 0.395 e. The summed E-state index contributed by atoms with van der Waals surface area (Å²) in [7, 11) is 0. The highest BCUT2D eigenvalue weighted by Gasteiger charge is 2.49. The number of piperidine rings is 1. The predicted molar refractivity (Wildman–Crippen MR) is 214 cm³/mol. The van der Waals surface area contributed by atoms with Crippen molar-refractivity contribution < 1.29 is 34.2 Å². The first kappa shape index (κ1) is 44.5. The minimum Gasteiger partial charge on any atom is -0.395 e. The first-order valence-corrected chi connectivity index (χ1v) is 20.1. The second-order valence-electron chi connectivity index (χ2n) is 15.7. The molecule has 56 heavy (non-hydrogen) atoms. The molecular formula is C42H63N7O7. The van der Waals surface area contributed by atoms with Crippen LogP contribution < -0.4 is 22.1 Å². The Balaban J connectivity index is 1.45. The summed E-state index contributed by atoms with van der Waals surface area (Å²) >= 11 is 0. The maximum absolute atomic E-state index is 14.2. The molecule has 14 heteroatoms. The topological polar surface area (TPSA) is 212 Å². The number of benzene rings is 2. The van der Waals surface area contributed by atoms with E-state index in [2.05, 4.69) is 10.6 Å². The predicted octanol–water partition coefficient (Wildman–Crippen LogP) is 0.618. The number of hydrogen-bond acceptors (Lipinski definition) is 10. The van der Waals surface area contributed by atoms with Crippen LogP contribution in [0.5, 0.6) is 0 Å².